The first-order valence-corrected chi connectivity index (χ1v) is 13.6. The van der Waals surface area contributed by atoms with Crippen LogP contribution in [0.15, 0.2) is 59.8 Å². The maximum atomic E-state index is 6.07. The van der Waals surface area contributed by atoms with Gasteiger partial charge in [-0.2, -0.15) is 20.1 Å². The van der Waals surface area contributed by atoms with E-state index >= 15 is 0 Å². The zero-order chi connectivity index (χ0) is 25.7. The summed E-state index contributed by atoms with van der Waals surface area (Å²) in [5.41, 5.74) is 6.42. The van der Waals surface area contributed by atoms with Crippen LogP contribution in [0.4, 0.5) is 17.8 Å². The first-order chi connectivity index (χ1) is 18.7. The molecule has 4 aromatic rings. The number of para-hydroxylation sites is 1. The Labute approximate surface area is 227 Å². The summed E-state index contributed by atoms with van der Waals surface area (Å²) in [6.45, 7) is 5.54. The Morgan fingerprint density at radius 3 is 2.34 bits per heavy atom. The van der Waals surface area contributed by atoms with Gasteiger partial charge in [0, 0.05) is 60.4 Å². The summed E-state index contributed by atoms with van der Waals surface area (Å²) in [5, 5.41) is 6.42. The number of nitrogens with zero attached hydrogens (tertiary/aromatic N) is 7. The maximum absolute atomic E-state index is 6.07. The van der Waals surface area contributed by atoms with Crippen molar-refractivity contribution in [3.63, 3.8) is 0 Å². The normalized spacial score (nSPS) is 16.4. The van der Waals surface area contributed by atoms with Gasteiger partial charge < -0.3 is 19.1 Å². The predicted octanol–water partition coefficient (Wildman–Crippen LogP) is 4.80. The Hall–Kier alpha value is -3.69. The van der Waals surface area contributed by atoms with E-state index in [9.17, 15) is 0 Å². The zero-order valence-corrected chi connectivity index (χ0v) is 22.0. The molecular weight excluding hydrogens is 500 g/mol. The molecule has 0 bridgehead atoms. The first-order valence-electron chi connectivity index (χ1n) is 13.2. The van der Waals surface area contributed by atoms with E-state index in [0.717, 1.165) is 67.1 Å². The molecule has 0 amide bonds. The van der Waals surface area contributed by atoms with Crippen LogP contribution in [0.5, 0.6) is 0 Å². The van der Waals surface area contributed by atoms with Crippen LogP contribution >= 0.6 is 11.6 Å². The zero-order valence-electron chi connectivity index (χ0n) is 21.3. The van der Waals surface area contributed by atoms with Gasteiger partial charge in [0.1, 0.15) is 0 Å². The second kappa shape index (κ2) is 11.4. The van der Waals surface area contributed by atoms with Crippen molar-refractivity contribution in [3.05, 3.63) is 70.9 Å². The van der Waals surface area contributed by atoms with Crippen LogP contribution in [0.1, 0.15) is 30.4 Å². The molecule has 4 heterocycles. The number of piperidine rings is 1. The van der Waals surface area contributed by atoms with Gasteiger partial charge in [-0.05, 0) is 43.0 Å². The monoisotopic (exact) mass is 530 g/mol. The van der Waals surface area contributed by atoms with E-state index in [1.807, 2.05) is 24.4 Å². The van der Waals surface area contributed by atoms with Crippen molar-refractivity contribution in [2.24, 2.45) is 5.10 Å². The maximum Gasteiger partial charge on any atom is 0.250 e. The number of rotatable bonds is 7. The minimum atomic E-state index is 0.447. The number of anilines is 3. The minimum Gasteiger partial charge on any atom is -0.378 e. The molecule has 0 spiro atoms. The highest BCUT2D eigenvalue weighted by atomic mass is 35.5. The van der Waals surface area contributed by atoms with E-state index < -0.39 is 0 Å². The Kier molecular flexibility index (Phi) is 7.37. The van der Waals surface area contributed by atoms with Gasteiger partial charge in [-0.3, -0.25) is 0 Å². The Morgan fingerprint density at radius 1 is 0.868 bits per heavy atom. The lowest BCUT2D eigenvalue weighted by molar-refractivity contribution is 0.122. The van der Waals surface area contributed by atoms with Gasteiger partial charge in [0.15, 0.2) is 0 Å². The van der Waals surface area contributed by atoms with Crippen LogP contribution in [0, 0.1) is 0 Å². The largest absolute Gasteiger partial charge is 0.378 e. The molecule has 0 unspecified atom stereocenters. The van der Waals surface area contributed by atoms with Crippen molar-refractivity contribution < 1.29 is 4.74 Å². The van der Waals surface area contributed by atoms with Crippen LogP contribution in [0.3, 0.4) is 0 Å². The summed E-state index contributed by atoms with van der Waals surface area (Å²) in [5.74, 6) is 1.82. The standard InChI is InChI=1S/C28H31ClN8O/c29-23-10-8-21(9-11-23)19-37-20-22(24-6-2-3-7-25(24)37)18-30-34-26-31-27(35-12-4-1-5-13-35)33-28(32-26)36-14-16-38-17-15-36/h2-3,6-11,18,20H,1,4-5,12-17,19H2,(H,31,32,33,34)/b30-18+. The number of fused-ring (bicyclic) bond motifs is 1. The fourth-order valence-corrected chi connectivity index (χ4v) is 5.12. The van der Waals surface area contributed by atoms with E-state index in [2.05, 4.69) is 61.4 Å². The molecule has 196 valence electrons. The van der Waals surface area contributed by atoms with Crippen molar-refractivity contribution in [2.45, 2.75) is 25.8 Å². The highest BCUT2D eigenvalue weighted by molar-refractivity contribution is 6.30. The molecule has 6 rings (SSSR count). The molecule has 0 saturated carbocycles. The number of hydrogen-bond acceptors (Lipinski definition) is 8. The lowest BCUT2D eigenvalue weighted by atomic mass is 10.1. The molecule has 2 aromatic heterocycles. The third-order valence-electron chi connectivity index (χ3n) is 7.00. The molecule has 2 fully saturated rings. The van der Waals surface area contributed by atoms with Crippen LogP contribution in [-0.2, 0) is 11.3 Å². The summed E-state index contributed by atoms with van der Waals surface area (Å²) in [4.78, 5) is 18.6. The molecule has 10 heteroatoms. The topological polar surface area (TPSA) is 83.7 Å². The number of nitrogens with one attached hydrogen (secondary N) is 1. The summed E-state index contributed by atoms with van der Waals surface area (Å²) in [6.07, 6.45) is 7.51. The van der Waals surface area contributed by atoms with Gasteiger partial charge in [0.2, 0.25) is 17.8 Å². The minimum absolute atomic E-state index is 0.447. The molecule has 0 atom stereocenters. The SMILES string of the molecule is Clc1ccc(Cn2cc(/C=N/Nc3nc(N4CCCCC4)nc(N4CCOCC4)n3)c3ccccc32)cc1. The quantitative estimate of drug-likeness (QED) is 0.271. The number of aromatic nitrogens is 4. The van der Waals surface area contributed by atoms with Gasteiger partial charge in [-0.25, -0.2) is 5.43 Å². The van der Waals surface area contributed by atoms with Crippen molar-refractivity contribution >= 4 is 46.6 Å². The van der Waals surface area contributed by atoms with E-state index in [-0.39, 0.29) is 0 Å². The number of halogens is 1. The van der Waals surface area contributed by atoms with Gasteiger partial charge in [-0.15, -0.1) is 0 Å². The fraction of sp³-hybridized carbons (Fsp3) is 0.357. The molecule has 2 saturated heterocycles. The van der Waals surface area contributed by atoms with Crippen LogP contribution in [0.2, 0.25) is 5.02 Å². The summed E-state index contributed by atoms with van der Waals surface area (Å²) in [6, 6.07) is 16.3. The van der Waals surface area contributed by atoms with E-state index in [1.165, 1.54) is 12.0 Å². The highest BCUT2D eigenvalue weighted by Gasteiger charge is 2.20. The lowest BCUT2D eigenvalue weighted by Crippen LogP contribution is -2.38. The van der Waals surface area contributed by atoms with E-state index in [0.29, 0.717) is 31.1 Å². The van der Waals surface area contributed by atoms with Crippen LogP contribution in [-0.4, -0.2) is 65.1 Å². The van der Waals surface area contributed by atoms with Crippen molar-refractivity contribution in [2.75, 3.05) is 54.6 Å². The molecule has 38 heavy (non-hydrogen) atoms. The Bertz CT molecular complexity index is 1370. The van der Waals surface area contributed by atoms with Crippen LogP contribution in [0.25, 0.3) is 10.9 Å². The van der Waals surface area contributed by atoms with Gasteiger partial charge in [-0.1, -0.05) is 41.9 Å². The molecule has 2 aliphatic heterocycles. The summed E-state index contributed by atoms with van der Waals surface area (Å²) < 4.78 is 7.75. The van der Waals surface area contributed by atoms with Gasteiger partial charge in [0.05, 0.1) is 19.4 Å². The van der Waals surface area contributed by atoms with Crippen LogP contribution < -0.4 is 15.2 Å². The molecule has 0 radical (unpaired) electrons. The van der Waals surface area contributed by atoms with Crippen molar-refractivity contribution in [3.8, 4) is 0 Å². The molecule has 0 aliphatic carbocycles. The van der Waals surface area contributed by atoms with Gasteiger partial charge in [0.25, 0.3) is 0 Å². The Balaban J connectivity index is 1.25. The summed E-state index contributed by atoms with van der Waals surface area (Å²) in [7, 11) is 0. The van der Waals surface area contributed by atoms with Gasteiger partial charge >= 0.3 is 0 Å². The molecule has 9 nitrogen and oxygen atoms in total. The molecular formula is C28H31ClN8O. The van der Waals surface area contributed by atoms with E-state index in [4.69, 9.17) is 31.3 Å². The van der Waals surface area contributed by atoms with Crippen molar-refractivity contribution in [1.82, 2.24) is 19.5 Å². The third-order valence-corrected chi connectivity index (χ3v) is 7.25. The second-order valence-electron chi connectivity index (χ2n) is 9.63. The lowest BCUT2D eigenvalue weighted by Gasteiger charge is -2.30. The number of hydrazone groups is 1. The second-order valence-corrected chi connectivity index (χ2v) is 10.1. The average Bonchev–Trinajstić information content (AvgIpc) is 3.32. The first kappa shape index (κ1) is 24.6. The highest BCUT2D eigenvalue weighted by Crippen LogP contribution is 2.23. The average molecular weight is 531 g/mol. The number of benzene rings is 2. The fourth-order valence-electron chi connectivity index (χ4n) is 5.00. The predicted molar refractivity (Wildman–Crippen MR) is 153 cm³/mol. The molecule has 2 aliphatic rings. The third kappa shape index (κ3) is 5.58. The number of hydrogen-bond donors (Lipinski definition) is 1. The molecule has 1 N–H and O–H groups in total. The van der Waals surface area contributed by atoms with Crippen molar-refractivity contribution in [1.29, 1.82) is 0 Å². The Morgan fingerprint density at radius 2 is 1.58 bits per heavy atom. The number of morpholine rings is 1. The smallest absolute Gasteiger partial charge is 0.250 e. The van der Waals surface area contributed by atoms with E-state index in [1.54, 1.807) is 0 Å². The molecule has 2 aromatic carbocycles. The number of ether oxygens (including phenoxy) is 1. The summed E-state index contributed by atoms with van der Waals surface area (Å²) >= 11 is 6.07.